The van der Waals surface area contributed by atoms with Gasteiger partial charge in [-0.25, -0.2) is 0 Å². The summed E-state index contributed by atoms with van der Waals surface area (Å²) < 4.78 is 31.0. The number of amides is 2. The molecular weight excluding hydrogens is 478 g/mol. The third-order valence-electron chi connectivity index (χ3n) is 5.16. The highest BCUT2D eigenvalue weighted by molar-refractivity contribution is 7.87. The summed E-state index contributed by atoms with van der Waals surface area (Å²) in [5.41, 5.74) is 3.84. The van der Waals surface area contributed by atoms with Crippen LogP contribution in [0.4, 0.5) is 11.4 Å². The van der Waals surface area contributed by atoms with E-state index in [1.165, 1.54) is 49.4 Å². The van der Waals surface area contributed by atoms with E-state index in [1.807, 2.05) is 39.0 Å². The summed E-state index contributed by atoms with van der Waals surface area (Å²) in [7, 11) is -4.23. The Kier molecular flexibility index (Phi) is 7.92. The third-order valence-corrected chi connectivity index (χ3v) is 6.41. The van der Waals surface area contributed by atoms with Crippen LogP contribution in [0.5, 0.6) is 5.75 Å². The average Bonchev–Trinajstić information content (AvgIpc) is 2.80. The molecule has 0 atom stereocenters. The number of nitrogens with one attached hydrogen (secondary N) is 2. The molecule has 3 aromatic rings. The standard InChI is InChI=1S/C27H25N3O5S/c1-17-13-18(2)26(19(3)14-17)30-27(32)22(16-28)15-21-7-5-6-8-25(21)35-36(33,34)24-11-9-23(10-12-24)29-20(4)31/h5-15H,1-4H3,(H,29,31)(H,30,32)/b22-15+. The summed E-state index contributed by atoms with van der Waals surface area (Å²) in [5.74, 6) is -0.960. The zero-order valence-electron chi connectivity index (χ0n) is 20.2. The minimum absolute atomic E-state index is 0.0494. The second-order valence-electron chi connectivity index (χ2n) is 8.18. The number of rotatable bonds is 7. The molecule has 0 unspecified atom stereocenters. The second-order valence-corrected chi connectivity index (χ2v) is 9.72. The Morgan fingerprint density at radius 2 is 1.56 bits per heavy atom. The van der Waals surface area contributed by atoms with Crippen LogP contribution < -0.4 is 14.8 Å². The zero-order valence-corrected chi connectivity index (χ0v) is 21.1. The van der Waals surface area contributed by atoms with Crippen LogP contribution in [0.1, 0.15) is 29.2 Å². The highest BCUT2D eigenvalue weighted by Gasteiger charge is 2.19. The first kappa shape index (κ1) is 26.2. The normalized spacial score (nSPS) is 11.4. The van der Waals surface area contributed by atoms with Gasteiger partial charge in [-0.3, -0.25) is 9.59 Å². The van der Waals surface area contributed by atoms with Crippen LogP contribution in [0.15, 0.2) is 71.1 Å². The lowest BCUT2D eigenvalue weighted by Crippen LogP contribution is -2.15. The maximum Gasteiger partial charge on any atom is 0.339 e. The van der Waals surface area contributed by atoms with E-state index >= 15 is 0 Å². The Labute approximate surface area is 210 Å². The molecule has 3 aromatic carbocycles. The highest BCUT2D eigenvalue weighted by atomic mass is 32.2. The molecular formula is C27H25N3O5S. The molecule has 0 radical (unpaired) electrons. The molecule has 0 saturated carbocycles. The molecule has 36 heavy (non-hydrogen) atoms. The fourth-order valence-electron chi connectivity index (χ4n) is 3.61. The zero-order chi connectivity index (χ0) is 26.5. The lowest BCUT2D eigenvalue weighted by molar-refractivity contribution is -0.114. The second kappa shape index (κ2) is 10.9. The van der Waals surface area contributed by atoms with Crippen molar-refractivity contribution in [1.29, 1.82) is 5.26 Å². The molecule has 0 aliphatic rings. The molecule has 0 aliphatic heterocycles. The Balaban J connectivity index is 1.88. The van der Waals surface area contributed by atoms with Crippen molar-refractivity contribution < 1.29 is 22.2 Å². The first-order valence-electron chi connectivity index (χ1n) is 10.9. The smallest absolute Gasteiger partial charge is 0.339 e. The Morgan fingerprint density at radius 3 is 2.14 bits per heavy atom. The van der Waals surface area contributed by atoms with Gasteiger partial charge in [0.1, 0.15) is 22.3 Å². The van der Waals surface area contributed by atoms with Crippen LogP contribution in [0.25, 0.3) is 6.08 Å². The van der Waals surface area contributed by atoms with E-state index in [4.69, 9.17) is 4.18 Å². The monoisotopic (exact) mass is 503 g/mol. The molecule has 0 saturated heterocycles. The van der Waals surface area contributed by atoms with Crippen LogP contribution in [-0.4, -0.2) is 20.2 Å². The Bertz CT molecular complexity index is 1480. The fourth-order valence-corrected chi connectivity index (χ4v) is 4.57. The van der Waals surface area contributed by atoms with Gasteiger partial charge in [0.05, 0.1) is 0 Å². The van der Waals surface area contributed by atoms with Gasteiger partial charge < -0.3 is 14.8 Å². The number of anilines is 2. The third kappa shape index (κ3) is 6.37. The van der Waals surface area contributed by atoms with Crippen LogP contribution in [-0.2, 0) is 19.7 Å². The van der Waals surface area contributed by atoms with Gasteiger partial charge in [0.15, 0.2) is 0 Å². The molecule has 0 bridgehead atoms. The number of benzene rings is 3. The van der Waals surface area contributed by atoms with Gasteiger partial charge in [-0.05, 0) is 68.3 Å². The number of carbonyl (C=O) groups excluding carboxylic acids is 2. The number of hydrogen-bond acceptors (Lipinski definition) is 6. The minimum atomic E-state index is -4.23. The van der Waals surface area contributed by atoms with Crippen molar-refractivity contribution in [2.75, 3.05) is 10.6 Å². The lowest BCUT2D eigenvalue weighted by atomic mass is 10.0. The summed E-state index contributed by atoms with van der Waals surface area (Å²) in [6.45, 7) is 7.02. The molecule has 184 valence electrons. The molecule has 0 fully saturated rings. The molecule has 0 aromatic heterocycles. The molecule has 8 nitrogen and oxygen atoms in total. The van der Waals surface area contributed by atoms with Crippen molar-refractivity contribution in [3.63, 3.8) is 0 Å². The number of carbonyl (C=O) groups is 2. The summed E-state index contributed by atoms with van der Waals surface area (Å²) in [6, 6.07) is 17.4. The minimum Gasteiger partial charge on any atom is -0.378 e. The van der Waals surface area contributed by atoms with Gasteiger partial charge in [-0.1, -0.05) is 35.9 Å². The van der Waals surface area contributed by atoms with Crippen LogP contribution in [0.2, 0.25) is 0 Å². The lowest BCUT2D eigenvalue weighted by Gasteiger charge is -2.13. The molecule has 3 rings (SSSR count). The van der Waals surface area contributed by atoms with E-state index in [1.54, 1.807) is 12.1 Å². The summed E-state index contributed by atoms with van der Waals surface area (Å²) in [4.78, 5) is 23.9. The van der Waals surface area contributed by atoms with Gasteiger partial charge in [-0.15, -0.1) is 0 Å². The Hall–Kier alpha value is -4.42. The summed E-state index contributed by atoms with van der Waals surface area (Å²) >= 11 is 0. The average molecular weight is 504 g/mol. The van der Waals surface area contributed by atoms with E-state index in [2.05, 4.69) is 10.6 Å². The maximum absolute atomic E-state index is 12.9. The summed E-state index contributed by atoms with van der Waals surface area (Å²) in [6.07, 6.45) is 1.28. The van der Waals surface area contributed by atoms with E-state index in [-0.39, 0.29) is 27.7 Å². The predicted molar refractivity (Wildman–Crippen MR) is 138 cm³/mol. The SMILES string of the molecule is CC(=O)Nc1ccc(S(=O)(=O)Oc2ccccc2/C=C(\C#N)C(=O)Nc2c(C)cc(C)cc2C)cc1. The quantitative estimate of drug-likeness (QED) is 0.269. The molecule has 0 aliphatic carbocycles. The van der Waals surface area contributed by atoms with Crippen LogP contribution in [0, 0.1) is 32.1 Å². The van der Waals surface area contributed by atoms with Crippen molar-refractivity contribution >= 4 is 39.4 Å². The Morgan fingerprint density at radius 1 is 0.944 bits per heavy atom. The van der Waals surface area contributed by atoms with E-state index in [0.717, 1.165) is 16.7 Å². The number of aryl methyl sites for hydroxylation is 3. The van der Waals surface area contributed by atoms with Crippen molar-refractivity contribution in [1.82, 2.24) is 0 Å². The number of hydrogen-bond donors (Lipinski definition) is 2. The van der Waals surface area contributed by atoms with Crippen LogP contribution in [0.3, 0.4) is 0 Å². The van der Waals surface area contributed by atoms with E-state index in [9.17, 15) is 23.3 Å². The molecule has 9 heteroatoms. The molecule has 0 spiro atoms. The number of nitriles is 1. The first-order chi connectivity index (χ1) is 17.0. The van der Waals surface area contributed by atoms with E-state index in [0.29, 0.717) is 11.4 Å². The number of nitrogens with zero attached hydrogens (tertiary/aromatic N) is 1. The van der Waals surface area contributed by atoms with Crippen molar-refractivity contribution in [3.8, 4) is 11.8 Å². The molecule has 2 amide bonds. The maximum atomic E-state index is 12.9. The van der Waals surface area contributed by atoms with E-state index < -0.39 is 16.0 Å². The predicted octanol–water partition coefficient (Wildman–Crippen LogP) is 4.88. The number of para-hydroxylation sites is 1. The fraction of sp³-hybridized carbons (Fsp3) is 0.148. The molecule has 0 heterocycles. The largest absolute Gasteiger partial charge is 0.378 e. The molecule has 2 N–H and O–H groups in total. The van der Waals surface area contributed by atoms with Gasteiger partial charge in [-0.2, -0.15) is 13.7 Å². The van der Waals surface area contributed by atoms with Crippen molar-refractivity contribution in [3.05, 3.63) is 88.5 Å². The van der Waals surface area contributed by atoms with Crippen molar-refractivity contribution in [2.24, 2.45) is 0 Å². The van der Waals surface area contributed by atoms with Crippen LogP contribution >= 0.6 is 0 Å². The van der Waals surface area contributed by atoms with Gasteiger partial charge in [0.2, 0.25) is 5.91 Å². The van der Waals surface area contributed by atoms with Gasteiger partial charge in [0.25, 0.3) is 5.91 Å². The van der Waals surface area contributed by atoms with Gasteiger partial charge in [0, 0.05) is 23.9 Å². The highest BCUT2D eigenvalue weighted by Crippen LogP contribution is 2.27. The topological polar surface area (TPSA) is 125 Å². The van der Waals surface area contributed by atoms with Crippen molar-refractivity contribution in [2.45, 2.75) is 32.6 Å². The van der Waals surface area contributed by atoms with Gasteiger partial charge >= 0.3 is 10.1 Å². The first-order valence-corrected chi connectivity index (χ1v) is 12.3. The summed E-state index contributed by atoms with van der Waals surface area (Å²) in [5, 5.41) is 15.0.